The van der Waals surface area contributed by atoms with Crippen molar-refractivity contribution < 1.29 is 4.74 Å². The third-order valence-electron chi connectivity index (χ3n) is 3.07. The van der Waals surface area contributed by atoms with E-state index in [2.05, 4.69) is 23.5 Å². The van der Waals surface area contributed by atoms with Gasteiger partial charge in [-0.1, -0.05) is 12.1 Å². The molecular weight excluding hydrogens is 174 g/mol. The Labute approximate surface area is 85.3 Å². The number of fused-ring (bicyclic) bond motifs is 1. The van der Waals surface area contributed by atoms with E-state index in [1.54, 1.807) is 7.11 Å². The number of ether oxygens (including phenoxy) is 1. The summed E-state index contributed by atoms with van der Waals surface area (Å²) in [6.07, 6.45) is 3.47. The first-order valence-electron chi connectivity index (χ1n) is 5.17. The predicted molar refractivity (Wildman–Crippen MR) is 57.9 cm³/mol. The number of methoxy groups -OCH3 is 1. The number of benzene rings is 1. The van der Waals surface area contributed by atoms with Gasteiger partial charge in [0, 0.05) is 6.04 Å². The molecule has 0 radical (unpaired) electrons. The van der Waals surface area contributed by atoms with Crippen LogP contribution in [0.15, 0.2) is 18.2 Å². The van der Waals surface area contributed by atoms with Gasteiger partial charge in [0.2, 0.25) is 0 Å². The van der Waals surface area contributed by atoms with Gasteiger partial charge < -0.3 is 10.1 Å². The summed E-state index contributed by atoms with van der Waals surface area (Å²) in [6, 6.07) is 6.98. The summed E-state index contributed by atoms with van der Waals surface area (Å²) in [4.78, 5) is 0. The molecule has 0 bridgehead atoms. The molecule has 0 saturated carbocycles. The Morgan fingerprint density at radius 3 is 3.00 bits per heavy atom. The zero-order valence-electron chi connectivity index (χ0n) is 8.84. The summed E-state index contributed by atoms with van der Waals surface area (Å²) in [5.74, 6) is 1.05. The molecule has 0 spiro atoms. The molecule has 0 heterocycles. The summed E-state index contributed by atoms with van der Waals surface area (Å²) in [5.41, 5.74) is 2.84. The van der Waals surface area contributed by atoms with Crippen molar-refractivity contribution in [2.45, 2.75) is 25.3 Å². The highest BCUT2D eigenvalue weighted by Gasteiger charge is 2.19. The molecule has 2 rings (SSSR count). The smallest absolute Gasteiger partial charge is 0.122 e. The van der Waals surface area contributed by atoms with E-state index in [4.69, 9.17) is 4.74 Å². The molecule has 0 amide bonds. The number of hydrogen-bond acceptors (Lipinski definition) is 2. The lowest BCUT2D eigenvalue weighted by Crippen LogP contribution is -2.31. The number of nitrogens with one attached hydrogen (secondary N) is 1. The van der Waals surface area contributed by atoms with Gasteiger partial charge in [-0.15, -0.1) is 0 Å². The van der Waals surface area contributed by atoms with Gasteiger partial charge in [0.1, 0.15) is 5.75 Å². The van der Waals surface area contributed by atoms with Crippen molar-refractivity contribution in [3.05, 3.63) is 29.3 Å². The topological polar surface area (TPSA) is 21.3 Å². The van der Waals surface area contributed by atoms with Crippen LogP contribution in [0, 0.1) is 0 Å². The summed E-state index contributed by atoms with van der Waals surface area (Å²) in [5, 5.41) is 3.34. The zero-order valence-corrected chi connectivity index (χ0v) is 8.84. The van der Waals surface area contributed by atoms with Crippen molar-refractivity contribution >= 4 is 0 Å². The van der Waals surface area contributed by atoms with Crippen molar-refractivity contribution in [1.82, 2.24) is 5.32 Å². The molecule has 0 fully saturated rings. The van der Waals surface area contributed by atoms with Crippen molar-refractivity contribution in [2.75, 3.05) is 14.2 Å². The predicted octanol–water partition coefficient (Wildman–Crippen LogP) is 1.77. The average Bonchev–Trinajstić information content (AvgIpc) is 2.27. The Morgan fingerprint density at radius 2 is 2.29 bits per heavy atom. The van der Waals surface area contributed by atoms with E-state index in [0.717, 1.165) is 18.6 Å². The molecule has 2 nitrogen and oxygen atoms in total. The van der Waals surface area contributed by atoms with E-state index < -0.39 is 0 Å². The van der Waals surface area contributed by atoms with Crippen molar-refractivity contribution in [1.29, 1.82) is 0 Å². The first-order valence-corrected chi connectivity index (χ1v) is 5.17. The maximum Gasteiger partial charge on any atom is 0.122 e. The lowest BCUT2D eigenvalue weighted by Gasteiger charge is -2.25. The highest BCUT2D eigenvalue weighted by atomic mass is 16.5. The standard InChI is InChI=1S/C12H17NO/c1-13-10-6-7-11-9(8-10)4-3-5-12(11)14-2/h3-5,10,13H,6-8H2,1-2H3/t10-/m0/s1. The molecule has 1 aliphatic carbocycles. The molecule has 1 aliphatic rings. The van der Waals surface area contributed by atoms with Gasteiger partial charge in [-0.25, -0.2) is 0 Å². The van der Waals surface area contributed by atoms with Gasteiger partial charge >= 0.3 is 0 Å². The Hall–Kier alpha value is -1.02. The first-order chi connectivity index (χ1) is 6.85. The Morgan fingerprint density at radius 1 is 1.43 bits per heavy atom. The minimum atomic E-state index is 0.634. The second-order valence-electron chi connectivity index (χ2n) is 3.83. The van der Waals surface area contributed by atoms with E-state index in [-0.39, 0.29) is 0 Å². The van der Waals surface area contributed by atoms with E-state index in [9.17, 15) is 0 Å². The SMILES string of the molecule is CN[C@H]1CCc2c(cccc2OC)C1. The van der Waals surface area contributed by atoms with Crippen LogP contribution in [-0.4, -0.2) is 20.2 Å². The fraction of sp³-hybridized carbons (Fsp3) is 0.500. The second-order valence-corrected chi connectivity index (χ2v) is 3.83. The van der Waals surface area contributed by atoms with Gasteiger partial charge in [-0.3, -0.25) is 0 Å². The summed E-state index contributed by atoms with van der Waals surface area (Å²) in [7, 11) is 3.79. The van der Waals surface area contributed by atoms with Crippen LogP contribution in [0.4, 0.5) is 0 Å². The molecule has 2 heteroatoms. The van der Waals surface area contributed by atoms with E-state index in [0.29, 0.717) is 6.04 Å². The monoisotopic (exact) mass is 191 g/mol. The summed E-state index contributed by atoms with van der Waals surface area (Å²) < 4.78 is 5.36. The third kappa shape index (κ3) is 1.62. The molecule has 0 aromatic heterocycles. The maximum atomic E-state index is 5.36. The van der Waals surface area contributed by atoms with Gasteiger partial charge in [-0.2, -0.15) is 0 Å². The number of rotatable bonds is 2. The van der Waals surface area contributed by atoms with Crippen LogP contribution >= 0.6 is 0 Å². The fourth-order valence-electron chi connectivity index (χ4n) is 2.21. The van der Waals surface area contributed by atoms with Crippen LogP contribution < -0.4 is 10.1 Å². The third-order valence-corrected chi connectivity index (χ3v) is 3.07. The van der Waals surface area contributed by atoms with Crippen LogP contribution in [0.3, 0.4) is 0 Å². The normalized spacial score (nSPS) is 20.3. The average molecular weight is 191 g/mol. The van der Waals surface area contributed by atoms with Crippen LogP contribution in [-0.2, 0) is 12.8 Å². The quantitative estimate of drug-likeness (QED) is 0.769. The Bertz CT molecular complexity index is 322. The van der Waals surface area contributed by atoms with E-state index in [1.165, 1.54) is 17.5 Å². The van der Waals surface area contributed by atoms with E-state index >= 15 is 0 Å². The summed E-state index contributed by atoms with van der Waals surface area (Å²) >= 11 is 0. The highest BCUT2D eigenvalue weighted by molar-refractivity contribution is 5.42. The Balaban J connectivity index is 2.30. The van der Waals surface area contributed by atoms with Crippen LogP contribution in [0.5, 0.6) is 5.75 Å². The number of hydrogen-bond donors (Lipinski definition) is 1. The minimum absolute atomic E-state index is 0.634. The molecule has 14 heavy (non-hydrogen) atoms. The Kier molecular flexibility index (Phi) is 2.73. The van der Waals surface area contributed by atoms with Crippen molar-refractivity contribution in [3.63, 3.8) is 0 Å². The van der Waals surface area contributed by atoms with Gasteiger partial charge in [0.15, 0.2) is 0 Å². The lowest BCUT2D eigenvalue weighted by molar-refractivity contribution is 0.400. The zero-order chi connectivity index (χ0) is 9.97. The van der Waals surface area contributed by atoms with Gasteiger partial charge in [-0.05, 0) is 43.5 Å². The highest BCUT2D eigenvalue weighted by Crippen LogP contribution is 2.29. The molecule has 1 atom stereocenters. The van der Waals surface area contributed by atoms with Crippen LogP contribution in [0.25, 0.3) is 0 Å². The van der Waals surface area contributed by atoms with Gasteiger partial charge in [0.25, 0.3) is 0 Å². The molecular formula is C12H17NO. The first kappa shape index (κ1) is 9.53. The molecule has 1 N–H and O–H groups in total. The second kappa shape index (κ2) is 4.01. The van der Waals surface area contributed by atoms with E-state index in [1.807, 2.05) is 7.05 Å². The minimum Gasteiger partial charge on any atom is -0.496 e. The molecule has 1 aromatic rings. The van der Waals surface area contributed by atoms with Crippen LogP contribution in [0.2, 0.25) is 0 Å². The molecule has 0 saturated heterocycles. The molecule has 76 valence electrons. The van der Waals surface area contributed by atoms with Crippen LogP contribution in [0.1, 0.15) is 17.5 Å². The lowest BCUT2D eigenvalue weighted by atomic mass is 9.88. The van der Waals surface area contributed by atoms with Crippen molar-refractivity contribution in [3.8, 4) is 5.75 Å². The van der Waals surface area contributed by atoms with Crippen molar-refractivity contribution in [2.24, 2.45) is 0 Å². The molecule has 0 aliphatic heterocycles. The maximum absolute atomic E-state index is 5.36. The molecule has 1 aromatic carbocycles. The molecule has 0 unspecified atom stereocenters. The summed E-state index contributed by atoms with van der Waals surface area (Å²) in [6.45, 7) is 0. The van der Waals surface area contributed by atoms with Gasteiger partial charge in [0.05, 0.1) is 7.11 Å². The number of likely N-dealkylation sites (N-methyl/N-ethyl adjacent to an activating group) is 1. The fourth-order valence-corrected chi connectivity index (χ4v) is 2.21. The largest absolute Gasteiger partial charge is 0.496 e.